The van der Waals surface area contributed by atoms with Gasteiger partial charge in [-0.2, -0.15) is 5.26 Å². The Hall–Kier alpha value is -1.94. The second-order valence-corrected chi connectivity index (χ2v) is 3.87. The molecule has 88 valence electrons. The lowest BCUT2D eigenvalue weighted by Gasteiger charge is -2.08. The fraction of sp³-hybridized carbons (Fsp3) is 0.200. The van der Waals surface area contributed by atoms with Crippen LogP contribution >= 0.6 is 15.9 Å². The highest BCUT2D eigenvalue weighted by Crippen LogP contribution is 2.33. The lowest BCUT2D eigenvalue weighted by atomic mass is 9.99. The van der Waals surface area contributed by atoms with Crippen LogP contribution in [0.1, 0.15) is 11.5 Å². The minimum atomic E-state index is -1.31. The molecular formula is C10H7BrN2O4. The standard InChI is InChI=1S/C10H7BrN2O4/c1-17-10(14)7(5-12)6-3-2-4-8(11)9(6)13(15)16/h2-4,7H,1H3. The SMILES string of the molecule is COC(=O)C(C#N)c1cccc(Br)c1[N+](=O)[O-]. The number of methoxy groups -OCH3 is 1. The van der Waals surface area contributed by atoms with Crippen LogP contribution in [0.4, 0.5) is 5.69 Å². The molecule has 0 aliphatic heterocycles. The van der Waals surface area contributed by atoms with Crippen molar-refractivity contribution in [3.63, 3.8) is 0 Å². The zero-order valence-corrected chi connectivity index (χ0v) is 10.3. The first-order valence-electron chi connectivity index (χ1n) is 4.43. The predicted octanol–water partition coefficient (Wildman–Crippen LogP) is 2.14. The Labute approximate surface area is 105 Å². The highest BCUT2D eigenvalue weighted by molar-refractivity contribution is 9.10. The summed E-state index contributed by atoms with van der Waals surface area (Å²) in [6, 6.07) is 6.03. The second-order valence-electron chi connectivity index (χ2n) is 3.02. The minimum Gasteiger partial charge on any atom is -0.468 e. The highest BCUT2D eigenvalue weighted by Gasteiger charge is 2.30. The topological polar surface area (TPSA) is 93.2 Å². The van der Waals surface area contributed by atoms with Gasteiger partial charge in [-0.1, -0.05) is 12.1 Å². The number of rotatable bonds is 3. The number of benzene rings is 1. The molecule has 0 amide bonds. The van der Waals surface area contributed by atoms with E-state index in [-0.39, 0.29) is 15.7 Å². The molecule has 0 N–H and O–H groups in total. The molecule has 0 aliphatic rings. The fourth-order valence-corrected chi connectivity index (χ4v) is 1.85. The zero-order valence-electron chi connectivity index (χ0n) is 8.71. The molecule has 17 heavy (non-hydrogen) atoms. The number of hydrogen-bond acceptors (Lipinski definition) is 5. The number of hydrogen-bond donors (Lipinski definition) is 0. The van der Waals surface area contributed by atoms with Gasteiger partial charge in [-0.05, 0) is 22.0 Å². The van der Waals surface area contributed by atoms with E-state index in [1.807, 2.05) is 0 Å². The van der Waals surface area contributed by atoms with Crippen LogP contribution in [0, 0.1) is 21.4 Å². The molecule has 0 aromatic heterocycles. The Morgan fingerprint density at radius 2 is 2.29 bits per heavy atom. The molecule has 0 saturated carbocycles. The van der Waals surface area contributed by atoms with Crippen molar-refractivity contribution in [3.05, 3.63) is 38.3 Å². The van der Waals surface area contributed by atoms with Crippen LogP contribution in [0.3, 0.4) is 0 Å². The van der Waals surface area contributed by atoms with Gasteiger partial charge in [0.05, 0.1) is 28.1 Å². The summed E-state index contributed by atoms with van der Waals surface area (Å²) in [5, 5.41) is 19.8. The number of esters is 1. The second kappa shape index (κ2) is 5.41. The molecule has 1 aromatic rings. The largest absolute Gasteiger partial charge is 0.468 e. The maximum absolute atomic E-state index is 11.3. The smallest absolute Gasteiger partial charge is 0.327 e. The Morgan fingerprint density at radius 1 is 1.65 bits per heavy atom. The summed E-state index contributed by atoms with van der Waals surface area (Å²) in [5.74, 6) is -2.13. The number of nitrogens with zero attached hydrogens (tertiary/aromatic N) is 2. The molecule has 1 atom stereocenters. The fourth-order valence-electron chi connectivity index (χ4n) is 1.32. The van der Waals surface area contributed by atoms with Gasteiger partial charge >= 0.3 is 5.97 Å². The molecule has 0 saturated heterocycles. The van der Waals surface area contributed by atoms with Crippen molar-refractivity contribution in [3.8, 4) is 6.07 Å². The number of nitro benzene ring substituents is 1. The molecular weight excluding hydrogens is 292 g/mol. The van der Waals surface area contributed by atoms with E-state index in [2.05, 4.69) is 20.7 Å². The van der Waals surface area contributed by atoms with E-state index >= 15 is 0 Å². The molecule has 0 spiro atoms. The summed E-state index contributed by atoms with van der Waals surface area (Å²) < 4.78 is 4.65. The number of carbonyl (C=O) groups excluding carboxylic acids is 1. The molecule has 0 radical (unpaired) electrons. The van der Waals surface area contributed by atoms with Crippen molar-refractivity contribution in [2.75, 3.05) is 7.11 Å². The van der Waals surface area contributed by atoms with E-state index in [4.69, 9.17) is 5.26 Å². The molecule has 0 bridgehead atoms. The third-order valence-corrected chi connectivity index (χ3v) is 2.72. The van der Waals surface area contributed by atoms with E-state index in [0.29, 0.717) is 0 Å². The number of nitro groups is 1. The van der Waals surface area contributed by atoms with Crippen molar-refractivity contribution < 1.29 is 14.5 Å². The summed E-state index contributed by atoms with van der Waals surface area (Å²) in [7, 11) is 1.12. The van der Waals surface area contributed by atoms with Crippen molar-refractivity contribution in [2.45, 2.75) is 5.92 Å². The molecule has 0 fully saturated rings. The Bertz CT molecular complexity index is 510. The number of ether oxygens (including phenoxy) is 1. The van der Waals surface area contributed by atoms with Crippen molar-refractivity contribution >= 4 is 27.6 Å². The average Bonchev–Trinajstić information content (AvgIpc) is 2.29. The molecule has 0 heterocycles. The first kappa shape index (κ1) is 13.1. The van der Waals surface area contributed by atoms with E-state index < -0.39 is 16.8 Å². The minimum absolute atomic E-state index is 0.0127. The summed E-state index contributed by atoms with van der Waals surface area (Å²) in [6.45, 7) is 0. The summed E-state index contributed by atoms with van der Waals surface area (Å²) in [5.41, 5.74) is -0.289. The van der Waals surface area contributed by atoms with Crippen molar-refractivity contribution in [2.24, 2.45) is 0 Å². The quantitative estimate of drug-likeness (QED) is 0.484. The number of carbonyl (C=O) groups is 1. The van der Waals surface area contributed by atoms with E-state index in [1.54, 1.807) is 6.07 Å². The first-order chi connectivity index (χ1) is 8.02. The number of nitriles is 1. The summed E-state index contributed by atoms with van der Waals surface area (Å²) >= 11 is 3.01. The highest BCUT2D eigenvalue weighted by atomic mass is 79.9. The Balaban J connectivity index is 3.40. The van der Waals surface area contributed by atoms with Crippen molar-refractivity contribution in [1.29, 1.82) is 5.26 Å². The van der Waals surface area contributed by atoms with Gasteiger partial charge in [-0.3, -0.25) is 14.9 Å². The monoisotopic (exact) mass is 298 g/mol. The maximum Gasteiger partial charge on any atom is 0.327 e. The number of para-hydroxylation sites is 1. The van der Waals surface area contributed by atoms with Crippen LogP contribution in [-0.4, -0.2) is 18.0 Å². The van der Waals surface area contributed by atoms with Gasteiger partial charge in [0, 0.05) is 0 Å². The summed E-state index contributed by atoms with van der Waals surface area (Å²) in [6.07, 6.45) is 0. The lowest BCUT2D eigenvalue weighted by molar-refractivity contribution is -0.386. The summed E-state index contributed by atoms with van der Waals surface area (Å²) in [4.78, 5) is 21.6. The van der Waals surface area contributed by atoms with Gasteiger partial charge in [0.1, 0.15) is 0 Å². The van der Waals surface area contributed by atoms with Gasteiger partial charge in [-0.15, -0.1) is 0 Å². The van der Waals surface area contributed by atoms with Crippen molar-refractivity contribution in [1.82, 2.24) is 0 Å². The zero-order chi connectivity index (χ0) is 13.0. The van der Waals surface area contributed by atoms with E-state index in [9.17, 15) is 14.9 Å². The molecule has 1 unspecified atom stereocenters. The van der Waals surface area contributed by atoms with Gasteiger partial charge in [0.15, 0.2) is 5.92 Å². The van der Waals surface area contributed by atoms with Crippen LogP contribution in [0.25, 0.3) is 0 Å². The third kappa shape index (κ3) is 2.60. The Morgan fingerprint density at radius 3 is 2.76 bits per heavy atom. The van der Waals surface area contributed by atoms with E-state index in [1.165, 1.54) is 18.2 Å². The number of halogens is 1. The molecule has 1 rings (SSSR count). The normalized spacial score (nSPS) is 11.4. The predicted molar refractivity (Wildman–Crippen MR) is 61.2 cm³/mol. The van der Waals surface area contributed by atoms with Gasteiger partial charge < -0.3 is 4.74 Å². The Kier molecular flexibility index (Phi) is 4.17. The average molecular weight is 299 g/mol. The van der Waals surface area contributed by atoms with Crippen LogP contribution < -0.4 is 0 Å². The molecule has 6 nitrogen and oxygen atoms in total. The third-order valence-electron chi connectivity index (χ3n) is 2.08. The first-order valence-corrected chi connectivity index (χ1v) is 5.22. The van der Waals surface area contributed by atoms with Gasteiger partial charge in [-0.25, -0.2) is 0 Å². The van der Waals surface area contributed by atoms with Gasteiger partial charge in [0.25, 0.3) is 5.69 Å². The maximum atomic E-state index is 11.3. The van der Waals surface area contributed by atoms with Crippen LogP contribution in [0.2, 0.25) is 0 Å². The molecule has 1 aromatic carbocycles. The molecule has 0 aliphatic carbocycles. The van der Waals surface area contributed by atoms with E-state index in [0.717, 1.165) is 7.11 Å². The van der Waals surface area contributed by atoms with Crippen LogP contribution in [-0.2, 0) is 9.53 Å². The van der Waals surface area contributed by atoms with Gasteiger partial charge in [0.2, 0.25) is 0 Å². The lowest BCUT2D eigenvalue weighted by Crippen LogP contribution is -2.14. The molecule has 7 heteroatoms. The van der Waals surface area contributed by atoms with Crippen LogP contribution in [0.5, 0.6) is 0 Å². The van der Waals surface area contributed by atoms with Crippen LogP contribution in [0.15, 0.2) is 22.7 Å².